The van der Waals surface area contributed by atoms with Gasteiger partial charge in [-0.3, -0.25) is 4.57 Å². The van der Waals surface area contributed by atoms with Crippen molar-refractivity contribution in [3.05, 3.63) is 41.2 Å². The lowest BCUT2D eigenvalue weighted by Crippen LogP contribution is -1.98. The third-order valence-corrected chi connectivity index (χ3v) is 3.77. The minimum atomic E-state index is 0.910. The molecule has 0 aliphatic rings. The van der Waals surface area contributed by atoms with Crippen LogP contribution in [0, 0.1) is 6.92 Å². The molecule has 0 fully saturated rings. The van der Waals surface area contributed by atoms with Gasteiger partial charge in [-0.2, -0.15) is 0 Å². The van der Waals surface area contributed by atoms with Crippen molar-refractivity contribution in [1.29, 1.82) is 0 Å². The van der Waals surface area contributed by atoms with Gasteiger partial charge in [-0.1, -0.05) is 6.92 Å². The summed E-state index contributed by atoms with van der Waals surface area (Å²) in [6.07, 6.45) is 2.73. The van der Waals surface area contributed by atoms with Crippen LogP contribution in [0.3, 0.4) is 0 Å². The van der Waals surface area contributed by atoms with Crippen LogP contribution in [-0.2, 0) is 6.42 Å². The second-order valence-corrected chi connectivity index (χ2v) is 4.92. The molecule has 0 saturated carbocycles. The highest BCUT2D eigenvalue weighted by molar-refractivity contribution is 7.12. The van der Waals surface area contributed by atoms with Crippen LogP contribution < -0.4 is 0 Å². The zero-order chi connectivity index (χ0) is 11.8. The van der Waals surface area contributed by atoms with Gasteiger partial charge in [0.05, 0.1) is 0 Å². The number of rotatable bonds is 2. The molecule has 3 heterocycles. The zero-order valence-electron chi connectivity index (χ0n) is 9.84. The number of hydrogen-bond donors (Lipinski definition) is 0. The predicted molar refractivity (Wildman–Crippen MR) is 70.9 cm³/mol. The molecule has 0 amide bonds. The van der Waals surface area contributed by atoms with Crippen molar-refractivity contribution in [2.24, 2.45) is 0 Å². The maximum atomic E-state index is 4.62. The van der Waals surface area contributed by atoms with Crippen molar-refractivity contribution in [1.82, 2.24) is 14.5 Å². The van der Waals surface area contributed by atoms with Gasteiger partial charge in [0.1, 0.15) is 16.3 Å². The molecule has 3 rings (SSSR count). The highest BCUT2D eigenvalue weighted by Gasteiger charge is 2.12. The van der Waals surface area contributed by atoms with E-state index >= 15 is 0 Å². The van der Waals surface area contributed by atoms with E-state index in [1.165, 1.54) is 10.6 Å². The summed E-state index contributed by atoms with van der Waals surface area (Å²) >= 11 is 1.73. The van der Waals surface area contributed by atoms with Gasteiger partial charge in [-0.15, -0.1) is 11.3 Å². The first kappa shape index (κ1) is 10.5. The Morgan fingerprint density at radius 3 is 3.00 bits per heavy atom. The predicted octanol–water partition coefficient (Wildman–Crippen LogP) is 3.35. The largest absolute Gasteiger partial charge is 0.271 e. The molecule has 17 heavy (non-hydrogen) atoms. The van der Waals surface area contributed by atoms with Gasteiger partial charge >= 0.3 is 0 Å². The van der Waals surface area contributed by atoms with Gasteiger partial charge in [0, 0.05) is 12.6 Å². The van der Waals surface area contributed by atoms with Crippen LogP contribution in [0.25, 0.3) is 16.2 Å². The highest BCUT2D eigenvalue weighted by atomic mass is 32.1. The lowest BCUT2D eigenvalue weighted by atomic mass is 10.4. The summed E-state index contributed by atoms with van der Waals surface area (Å²) in [6, 6.07) is 6.12. The van der Waals surface area contributed by atoms with Gasteiger partial charge in [0.25, 0.3) is 0 Å². The molecule has 0 unspecified atom stereocenters. The molecule has 0 bridgehead atoms. The fourth-order valence-electron chi connectivity index (χ4n) is 1.96. The fraction of sp³-hybridized carbons (Fsp3) is 0.231. The van der Waals surface area contributed by atoms with Crippen molar-refractivity contribution < 1.29 is 0 Å². The first-order chi connectivity index (χ1) is 8.29. The summed E-state index contributed by atoms with van der Waals surface area (Å²) in [6.45, 7) is 4.23. The van der Waals surface area contributed by atoms with Gasteiger partial charge in [0.15, 0.2) is 5.65 Å². The number of imidazole rings is 1. The second-order valence-electron chi connectivity index (χ2n) is 4.03. The van der Waals surface area contributed by atoms with Crippen molar-refractivity contribution in [3.63, 3.8) is 0 Å². The molecule has 0 N–H and O–H groups in total. The molecule has 3 nitrogen and oxygen atoms in total. The van der Waals surface area contributed by atoms with E-state index < -0.39 is 0 Å². The van der Waals surface area contributed by atoms with E-state index in [-0.39, 0.29) is 0 Å². The number of aryl methyl sites for hydroxylation is 2. The van der Waals surface area contributed by atoms with E-state index in [2.05, 4.69) is 39.8 Å². The van der Waals surface area contributed by atoms with E-state index in [9.17, 15) is 0 Å². The van der Waals surface area contributed by atoms with E-state index in [0.717, 1.165) is 23.4 Å². The standard InChI is InChI=1S/C13H13N3S/c1-3-11-15-10-5-4-6-14-13(10)16(11)12-7-9(2)8-17-12/h4-8H,3H2,1-2H3. The lowest BCUT2D eigenvalue weighted by molar-refractivity contribution is 0.911. The molecule has 4 heteroatoms. The molecule has 0 radical (unpaired) electrons. The van der Waals surface area contributed by atoms with Crippen LogP contribution in [0.4, 0.5) is 0 Å². The van der Waals surface area contributed by atoms with E-state index in [1.807, 2.05) is 18.3 Å². The normalized spacial score (nSPS) is 11.2. The third kappa shape index (κ3) is 1.65. The monoisotopic (exact) mass is 243 g/mol. The summed E-state index contributed by atoms with van der Waals surface area (Å²) in [7, 11) is 0. The molecule has 3 aromatic heterocycles. The van der Waals surface area contributed by atoms with Crippen LogP contribution in [0.2, 0.25) is 0 Å². The molecule has 0 aromatic carbocycles. The first-order valence-electron chi connectivity index (χ1n) is 5.67. The second kappa shape index (κ2) is 3.96. The smallest absolute Gasteiger partial charge is 0.165 e. The number of nitrogens with zero attached hydrogens (tertiary/aromatic N) is 3. The van der Waals surface area contributed by atoms with Crippen molar-refractivity contribution in [2.45, 2.75) is 20.3 Å². The summed E-state index contributed by atoms with van der Waals surface area (Å²) in [5.74, 6) is 1.07. The minimum absolute atomic E-state index is 0.910. The Morgan fingerprint density at radius 1 is 1.41 bits per heavy atom. The topological polar surface area (TPSA) is 30.7 Å². The molecule has 0 aliphatic carbocycles. The van der Waals surface area contributed by atoms with E-state index in [1.54, 1.807) is 11.3 Å². The van der Waals surface area contributed by atoms with Crippen LogP contribution >= 0.6 is 11.3 Å². The number of thiophene rings is 1. The van der Waals surface area contributed by atoms with Gasteiger partial charge in [0.2, 0.25) is 0 Å². The Kier molecular flexibility index (Phi) is 2.44. The zero-order valence-corrected chi connectivity index (χ0v) is 10.7. The Bertz CT molecular complexity index is 666. The Hall–Kier alpha value is -1.68. The maximum absolute atomic E-state index is 4.62. The van der Waals surface area contributed by atoms with Crippen LogP contribution in [-0.4, -0.2) is 14.5 Å². The van der Waals surface area contributed by atoms with Crippen LogP contribution in [0.15, 0.2) is 29.8 Å². The number of hydrogen-bond acceptors (Lipinski definition) is 3. The average Bonchev–Trinajstić information content (AvgIpc) is 2.91. The quantitative estimate of drug-likeness (QED) is 0.691. The van der Waals surface area contributed by atoms with Gasteiger partial charge < -0.3 is 0 Å². The number of aromatic nitrogens is 3. The summed E-state index contributed by atoms with van der Waals surface area (Å²) < 4.78 is 2.16. The summed E-state index contributed by atoms with van der Waals surface area (Å²) in [4.78, 5) is 9.07. The van der Waals surface area contributed by atoms with Crippen molar-refractivity contribution in [3.8, 4) is 5.00 Å². The molecular weight excluding hydrogens is 230 g/mol. The van der Waals surface area contributed by atoms with E-state index in [0.29, 0.717) is 0 Å². The number of fused-ring (bicyclic) bond motifs is 1. The molecule has 0 spiro atoms. The average molecular weight is 243 g/mol. The summed E-state index contributed by atoms with van der Waals surface area (Å²) in [5, 5.41) is 3.35. The first-order valence-corrected chi connectivity index (χ1v) is 6.55. The Labute approximate surface area is 104 Å². The maximum Gasteiger partial charge on any atom is 0.165 e. The molecule has 86 valence electrons. The van der Waals surface area contributed by atoms with Crippen molar-refractivity contribution in [2.75, 3.05) is 0 Å². The third-order valence-electron chi connectivity index (χ3n) is 2.74. The molecule has 3 aromatic rings. The Morgan fingerprint density at radius 2 is 2.29 bits per heavy atom. The number of pyridine rings is 1. The molecule has 0 aliphatic heterocycles. The van der Waals surface area contributed by atoms with Gasteiger partial charge in [-0.25, -0.2) is 9.97 Å². The lowest BCUT2D eigenvalue weighted by Gasteiger charge is -2.03. The SMILES string of the molecule is CCc1nc2cccnc2n1-c1cc(C)cs1. The van der Waals surface area contributed by atoms with Gasteiger partial charge in [-0.05, 0) is 36.1 Å². The molecular formula is C13H13N3S. The minimum Gasteiger partial charge on any atom is -0.271 e. The van der Waals surface area contributed by atoms with Crippen molar-refractivity contribution >= 4 is 22.5 Å². The Balaban J connectivity index is 2.33. The fourth-order valence-corrected chi connectivity index (χ4v) is 2.89. The highest BCUT2D eigenvalue weighted by Crippen LogP contribution is 2.25. The molecule has 0 saturated heterocycles. The van der Waals surface area contributed by atoms with E-state index in [4.69, 9.17) is 0 Å². The molecule has 0 atom stereocenters. The van der Waals surface area contributed by atoms with Crippen LogP contribution in [0.5, 0.6) is 0 Å². The summed E-state index contributed by atoms with van der Waals surface area (Å²) in [5.41, 5.74) is 3.20. The van der Waals surface area contributed by atoms with Crippen LogP contribution in [0.1, 0.15) is 18.3 Å².